The SMILES string of the molecule is OCc1cc(-c2ccccc2)ccc1N1CC[C@H](Oc2nc(C(F)(F)F)cs2)C1. The fraction of sp³-hybridized carbons (Fsp3) is 0.286. The van der Waals surface area contributed by atoms with Gasteiger partial charge in [0.25, 0.3) is 5.19 Å². The Morgan fingerprint density at radius 1 is 1.14 bits per heavy atom. The Morgan fingerprint density at radius 3 is 2.62 bits per heavy atom. The van der Waals surface area contributed by atoms with Gasteiger partial charge >= 0.3 is 6.18 Å². The van der Waals surface area contributed by atoms with E-state index in [1.165, 1.54) is 0 Å². The van der Waals surface area contributed by atoms with E-state index in [2.05, 4.69) is 9.88 Å². The maximum absolute atomic E-state index is 12.7. The Hall–Kier alpha value is -2.58. The van der Waals surface area contributed by atoms with Gasteiger partial charge in [0, 0.05) is 29.6 Å². The summed E-state index contributed by atoms with van der Waals surface area (Å²) < 4.78 is 43.8. The van der Waals surface area contributed by atoms with E-state index in [1.54, 1.807) is 0 Å². The lowest BCUT2D eigenvalue weighted by molar-refractivity contribution is -0.140. The summed E-state index contributed by atoms with van der Waals surface area (Å²) in [4.78, 5) is 5.62. The Balaban J connectivity index is 1.46. The summed E-state index contributed by atoms with van der Waals surface area (Å²) >= 11 is 0.856. The first-order valence-electron chi connectivity index (χ1n) is 9.17. The number of rotatable bonds is 5. The number of thiazole rings is 1. The summed E-state index contributed by atoms with van der Waals surface area (Å²) in [5, 5.41) is 10.9. The molecule has 0 radical (unpaired) electrons. The minimum atomic E-state index is -4.46. The second kappa shape index (κ2) is 8.04. The molecule has 0 amide bonds. The molecule has 1 aliphatic rings. The van der Waals surface area contributed by atoms with Gasteiger partial charge in [0.15, 0.2) is 5.69 Å². The molecule has 4 nitrogen and oxygen atoms in total. The van der Waals surface area contributed by atoms with Crippen LogP contribution in [0.2, 0.25) is 0 Å². The fourth-order valence-electron chi connectivity index (χ4n) is 3.46. The van der Waals surface area contributed by atoms with Gasteiger partial charge in [0.2, 0.25) is 0 Å². The average Bonchev–Trinajstić information content (AvgIpc) is 3.38. The smallest absolute Gasteiger partial charge is 0.434 e. The topological polar surface area (TPSA) is 45.6 Å². The van der Waals surface area contributed by atoms with Gasteiger partial charge < -0.3 is 14.7 Å². The van der Waals surface area contributed by atoms with Gasteiger partial charge in [-0.05, 0) is 23.3 Å². The Morgan fingerprint density at radius 2 is 1.93 bits per heavy atom. The number of nitrogens with zero attached hydrogens (tertiary/aromatic N) is 2. The number of halogens is 3. The van der Waals surface area contributed by atoms with Crippen molar-refractivity contribution in [1.29, 1.82) is 0 Å². The molecular formula is C21H19F3N2O2S. The molecule has 1 aliphatic heterocycles. The zero-order valence-electron chi connectivity index (χ0n) is 15.4. The maximum Gasteiger partial charge on any atom is 0.434 e. The summed E-state index contributed by atoms with van der Waals surface area (Å²) in [5.74, 6) is 0. The zero-order chi connectivity index (χ0) is 20.4. The van der Waals surface area contributed by atoms with Gasteiger partial charge in [0.05, 0.1) is 13.2 Å². The van der Waals surface area contributed by atoms with Gasteiger partial charge in [-0.2, -0.15) is 18.2 Å². The van der Waals surface area contributed by atoms with Crippen molar-refractivity contribution in [3.05, 3.63) is 65.2 Å². The minimum absolute atomic E-state index is 0.0333. The van der Waals surface area contributed by atoms with Crippen LogP contribution >= 0.6 is 11.3 Å². The van der Waals surface area contributed by atoms with Crippen molar-refractivity contribution in [3.8, 4) is 16.3 Å². The number of benzene rings is 2. The van der Waals surface area contributed by atoms with Crippen LogP contribution in [0.15, 0.2) is 53.9 Å². The molecule has 0 saturated carbocycles. The van der Waals surface area contributed by atoms with E-state index in [9.17, 15) is 18.3 Å². The molecule has 1 atom stereocenters. The molecular weight excluding hydrogens is 401 g/mol. The highest BCUT2D eigenvalue weighted by molar-refractivity contribution is 7.11. The number of alkyl halides is 3. The number of ether oxygens (including phenoxy) is 1. The number of aliphatic hydroxyl groups is 1. The van der Waals surface area contributed by atoms with Crippen LogP contribution in [0, 0.1) is 0 Å². The van der Waals surface area contributed by atoms with E-state index < -0.39 is 11.9 Å². The summed E-state index contributed by atoms with van der Waals surface area (Å²) in [7, 11) is 0. The quantitative estimate of drug-likeness (QED) is 0.633. The molecule has 0 bridgehead atoms. The van der Waals surface area contributed by atoms with Gasteiger partial charge in [-0.1, -0.05) is 47.7 Å². The molecule has 0 spiro atoms. The predicted octanol–water partition coefficient (Wildman–Crippen LogP) is 4.98. The molecule has 0 unspecified atom stereocenters. The van der Waals surface area contributed by atoms with Crippen LogP contribution in [0.25, 0.3) is 11.1 Å². The van der Waals surface area contributed by atoms with E-state index in [0.717, 1.165) is 39.1 Å². The molecule has 1 saturated heterocycles. The van der Waals surface area contributed by atoms with E-state index in [1.807, 2.05) is 48.5 Å². The summed E-state index contributed by atoms with van der Waals surface area (Å²) in [5.41, 5.74) is 2.88. The first-order valence-corrected chi connectivity index (χ1v) is 10.1. The van der Waals surface area contributed by atoms with Crippen molar-refractivity contribution in [2.75, 3.05) is 18.0 Å². The third-order valence-electron chi connectivity index (χ3n) is 4.88. The number of aliphatic hydroxyl groups excluding tert-OH is 1. The van der Waals surface area contributed by atoms with Gasteiger partial charge in [-0.25, -0.2) is 0 Å². The van der Waals surface area contributed by atoms with Gasteiger partial charge in [-0.3, -0.25) is 0 Å². The van der Waals surface area contributed by atoms with E-state index in [0.29, 0.717) is 19.5 Å². The Bertz CT molecular complexity index is 976. The van der Waals surface area contributed by atoms with Crippen molar-refractivity contribution in [2.45, 2.75) is 25.3 Å². The van der Waals surface area contributed by atoms with Crippen molar-refractivity contribution in [3.63, 3.8) is 0 Å². The lowest BCUT2D eigenvalue weighted by Crippen LogP contribution is -2.25. The van der Waals surface area contributed by atoms with Crippen LogP contribution in [-0.4, -0.2) is 29.3 Å². The van der Waals surface area contributed by atoms with Crippen molar-refractivity contribution in [1.82, 2.24) is 4.98 Å². The van der Waals surface area contributed by atoms with Crippen molar-refractivity contribution < 1.29 is 23.0 Å². The standard InChI is InChI=1S/C21H19F3N2O2S/c22-21(23,24)19-13-29-20(25-19)28-17-8-9-26(11-17)18-7-6-15(10-16(18)12-27)14-4-2-1-3-5-14/h1-7,10,13,17,27H,8-9,11-12H2/t17-/m0/s1. The van der Waals surface area contributed by atoms with E-state index in [4.69, 9.17) is 4.74 Å². The van der Waals surface area contributed by atoms with Crippen LogP contribution in [0.4, 0.5) is 18.9 Å². The third kappa shape index (κ3) is 4.38. The molecule has 1 fully saturated rings. The molecule has 1 N–H and O–H groups in total. The molecule has 2 heterocycles. The highest BCUT2D eigenvalue weighted by atomic mass is 32.1. The van der Waals surface area contributed by atoms with Crippen molar-refractivity contribution >= 4 is 17.0 Å². The number of hydrogen-bond donors (Lipinski definition) is 1. The first-order chi connectivity index (χ1) is 13.9. The lowest BCUT2D eigenvalue weighted by atomic mass is 10.0. The molecule has 152 valence electrons. The van der Waals surface area contributed by atoms with Crippen molar-refractivity contribution in [2.24, 2.45) is 0 Å². The fourth-order valence-corrected chi connectivity index (χ4v) is 4.20. The van der Waals surface area contributed by atoms with Crippen LogP contribution in [-0.2, 0) is 12.8 Å². The molecule has 4 rings (SSSR count). The van der Waals surface area contributed by atoms with Gasteiger partial charge in [0.1, 0.15) is 6.10 Å². The minimum Gasteiger partial charge on any atom is -0.465 e. The lowest BCUT2D eigenvalue weighted by Gasteiger charge is -2.22. The molecule has 3 aromatic rings. The number of anilines is 1. The summed E-state index contributed by atoms with van der Waals surface area (Å²) in [6.45, 7) is 1.12. The normalized spacial score (nSPS) is 17.0. The van der Waals surface area contributed by atoms with Gasteiger partial charge in [-0.15, -0.1) is 0 Å². The first kappa shape index (κ1) is 19.7. The zero-order valence-corrected chi connectivity index (χ0v) is 16.2. The molecule has 2 aromatic carbocycles. The monoisotopic (exact) mass is 420 g/mol. The van der Waals surface area contributed by atoms with Crippen LogP contribution in [0.5, 0.6) is 5.19 Å². The van der Waals surface area contributed by atoms with Crippen LogP contribution in [0.3, 0.4) is 0 Å². The maximum atomic E-state index is 12.7. The van der Waals surface area contributed by atoms with Crippen LogP contribution in [0.1, 0.15) is 17.7 Å². The molecule has 0 aliphatic carbocycles. The Labute approximate surface area is 170 Å². The number of aromatic nitrogens is 1. The van der Waals surface area contributed by atoms with Crippen LogP contribution < -0.4 is 9.64 Å². The molecule has 1 aromatic heterocycles. The summed E-state index contributed by atoms with van der Waals surface area (Å²) in [6.07, 6.45) is -4.04. The second-order valence-electron chi connectivity index (χ2n) is 6.84. The largest absolute Gasteiger partial charge is 0.465 e. The second-order valence-corrected chi connectivity index (χ2v) is 7.66. The molecule has 29 heavy (non-hydrogen) atoms. The predicted molar refractivity (Wildman–Crippen MR) is 106 cm³/mol. The van der Waals surface area contributed by atoms with E-state index in [-0.39, 0.29) is 17.9 Å². The number of hydrogen-bond acceptors (Lipinski definition) is 5. The Kier molecular flexibility index (Phi) is 5.47. The average molecular weight is 420 g/mol. The highest BCUT2D eigenvalue weighted by Crippen LogP contribution is 2.34. The van der Waals surface area contributed by atoms with E-state index >= 15 is 0 Å². The molecule has 8 heteroatoms. The third-order valence-corrected chi connectivity index (χ3v) is 5.61. The summed E-state index contributed by atoms with van der Waals surface area (Å²) in [6, 6.07) is 15.9. The highest BCUT2D eigenvalue weighted by Gasteiger charge is 2.35.